The minimum absolute atomic E-state index is 0.146. The topological polar surface area (TPSA) is 136 Å². The summed E-state index contributed by atoms with van der Waals surface area (Å²) in [6.07, 6.45) is 1.61. The Morgan fingerprint density at radius 1 is 1.28 bits per heavy atom. The number of ether oxygens (including phenoxy) is 1. The number of primary amides is 1. The fraction of sp³-hybridized carbons (Fsp3) is 0.136. The summed E-state index contributed by atoms with van der Waals surface area (Å²) >= 11 is 0. The number of hydrogen-bond donors (Lipinski definition) is 4. The monoisotopic (exact) mass is 436 g/mol. The minimum atomic E-state index is -1.73. The molecule has 10 heteroatoms. The van der Waals surface area contributed by atoms with Gasteiger partial charge in [-0.3, -0.25) is 14.9 Å². The van der Waals surface area contributed by atoms with Crippen LogP contribution in [-0.4, -0.2) is 40.2 Å². The Bertz CT molecular complexity index is 1350. The smallest absolute Gasteiger partial charge is 0.323 e. The largest absolute Gasteiger partial charge is 0.497 e. The third-order valence-corrected chi connectivity index (χ3v) is 5.07. The maximum atomic E-state index is 13.7. The number of rotatable bonds is 4. The van der Waals surface area contributed by atoms with Crippen molar-refractivity contribution in [2.24, 2.45) is 5.73 Å². The Hall–Kier alpha value is -4.52. The highest BCUT2D eigenvalue weighted by atomic mass is 19.1. The summed E-state index contributed by atoms with van der Waals surface area (Å²) in [7, 11) is 1.50. The van der Waals surface area contributed by atoms with Gasteiger partial charge in [-0.2, -0.15) is 0 Å². The number of carbonyl (C=O) groups is 3. The number of imide groups is 1. The number of methoxy groups -OCH3 is 1. The van der Waals surface area contributed by atoms with E-state index in [1.165, 1.54) is 17.7 Å². The highest BCUT2D eigenvalue weighted by molar-refractivity contribution is 6.09. The van der Waals surface area contributed by atoms with Crippen LogP contribution < -0.4 is 21.1 Å². The molecule has 1 aromatic heterocycles. The molecule has 5 N–H and O–H groups in total. The third kappa shape index (κ3) is 3.56. The van der Waals surface area contributed by atoms with Gasteiger partial charge in [0.15, 0.2) is 5.88 Å². The number of nitrogens with zero attached hydrogens (tertiary/aromatic N) is 1. The van der Waals surface area contributed by atoms with Crippen LogP contribution in [0.15, 0.2) is 42.6 Å². The molecule has 0 radical (unpaired) electrons. The van der Waals surface area contributed by atoms with E-state index in [2.05, 4.69) is 22.5 Å². The van der Waals surface area contributed by atoms with Crippen LogP contribution in [0.3, 0.4) is 0 Å². The highest BCUT2D eigenvalue weighted by Crippen LogP contribution is 2.32. The summed E-state index contributed by atoms with van der Waals surface area (Å²) < 4.78 is 20.3. The normalized spacial score (nSPS) is 17.4. The van der Waals surface area contributed by atoms with E-state index in [0.29, 0.717) is 16.5 Å². The number of fused-ring (bicyclic) bond motifs is 1. The average molecular weight is 436 g/mol. The van der Waals surface area contributed by atoms with E-state index in [0.717, 1.165) is 12.1 Å². The molecule has 0 saturated carbocycles. The summed E-state index contributed by atoms with van der Waals surface area (Å²) in [6.45, 7) is -0.218. The van der Waals surface area contributed by atoms with Crippen molar-refractivity contribution in [1.29, 1.82) is 0 Å². The molecule has 1 aliphatic heterocycles. The maximum absolute atomic E-state index is 13.7. The molecule has 0 aliphatic carbocycles. The highest BCUT2D eigenvalue weighted by Gasteiger charge is 2.46. The van der Waals surface area contributed by atoms with Gasteiger partial charge in [-0.25, -0.2) is 9.18 Å². The van der Waals surface area contributed by atoms with Crippen molar-refractivity contribution in [3.8, 4) is 23.5 Å². The lowest BCUT2D eigenvalue weighted by atomic mass is 9.99. The van der Waals surface area contributed by atoms with E-state index >= 15 is 0 Å². The predicted molar refractivity (Wildman–Crippen MR) is 111 cm³/mol. The first-order valence-corrected chi connectivity index (χ1v) is 9.34. The SMILES string of the molecule is COc1ccc2cn(C[C@@]3(C#Cc4ccc(F)c(C(N)=O)c4)NC(=O)NC3=O)c(O)c2c1. The molecule has 3 aromatic rings. The second kappa shape index (κ2) is 7.63. The lowest BCUT2D eigenvalue weighted by Crippen LogP contribution is -2.49. The Morgan fingerprint density at radius 3 is 2.72 bits per heavy atom. The summed E-state index contributed by atoms with van der Waals surface area (Å²) in [4.78, 5) is 35.9. The van der Waals surface area contributed by atoms with Crippen LogP contribution in [0.2, 0.25) is 0 Å². The Labute approximate surface area is 180 Å². The summed E-state index contributed by atoms with van der Waals surface area (Å²) in [5, 5.41) is 16.5. The number of hydrogen-bond acceptors (Lipinski definition) is 5. The second-order valence-electron chi connectivity index (χ2n) is 7.16. The Morgan fingerprint density at radius 2 is 2.06 bits per heavy atom. The number of nitrogens with two attached hydrogens (primary N) is 1. The first kappa shape index (κ1) is 20.7. The molecule has 1 saturated heterocycles. The van der Waals surface area contributed by atoms with Gasteiger partial charge < -0.3 is 25.5 Å². The lowest BCUT2D eigenvalue weighted by molar-refractivity contribution is -0.122. The van der Waals surface area contributed by atoms with Crippen molar-refractivity contribution in [2.45, 2.75) is 12.1 Å². The zero-order valence-electron chi connectivity index (χ0n) is 16.7. The van der Waals surface area contributed by atoms with Gasteiger partial charge >= 0.3 is 6.03 Å². The van der Waals surface area contributed by atoms with Crippen LogP contribution in [0.1, 0.15) is 15.9 Å². The number of benzene rings is 2. The van der Waals surface area contributed by atoms with Gasteiger partial charge in [0, 0.05) is 22.5 Å². The van der Waals surface area contributed by atoms with Crippen LogP contribution in [0.4, 0.5) is 9.18 Å². The molecule has 1 fully saturated rings. The lowest BCUT2D eigenvalue weighted by Gasteiger charge is -2.20. The number of halogens is 1. The second-order valence-corrected chi connectivity index (χ2v) is 7.16. The van der Waals surface area contributed by atoms with Gasteiger partial charge in [0.2, 0.25) is 5.54 Å². The van der Waals surface area contributed by atoms with E-state index in [9.17, 15) is 23.9 Å². The van der Waals surface area contributed by atoms with E-state index in [-0.39, 0.29) is 23.6 Å². The van der Waals surface area contributed by atoms with Crippen LogP contribution in [0.25, 0.3) is 10.8 Å². The predicted octanol–water partition coefficient (Wildman–Crippen LogP) is 1.22. The molecule has 162 valence electrons. The fourth-order valence-corrected chi connectivity index (χ4v) is 3.43. The van der Waals surface area contributed by atoms with E-state index in [1.54, 1.807) is 24.4 Å². The summed E-state index contributed by atoms with van der Waals surface area (Å²) in [5.74, 6) is 3.27. The Balaban J connectivity index is 1.76. The first-order chi connectivity index (χ1) is 15.2. The average Bonchev–Trinajstić information content (AvgIpc) is 3.22. The molecule has 1 aliphatic rings. The maximum Gasteiger partial charge on any atom is 0.323 e. The van der Waals surface area contributed by atoms with Crippen molar-refractivity contribution in [1.82, 2.24) is 15.2 Å². The number of amides is 4. The van der Waals surface area contributed by atoms with Gasteiger partial charge in [0.05, 0.1) is 19.2 Å². The zero-order valence-corrected chi connectivity index (χ0v) is 16.7. The molecule has 9 nitrogen and oxygen atoms in total. The minimum Gasteiger partial charge on any atom is -0.497 e. The molecular weight excluding hydrogens is 419 g/mol. The van der Waals surface area contributed by atoms with E-state index < -0.39 is 29.2 Å². The molecule has 1 atom stereocenters. The van der Waals surface area contributed by atoms with E-state index in [4.69, 9.17) is 10.5 Å². The van der Waals surface area contributed by atoms with Crippen molar-refractivity contribution in [2.75, 3.05) is 7.11 Å². The molecule has 0 unspecified atom stereocenters. The van der Waals surface area contributed by atoms with Crippen LogP contribution >= 0.6 is 0 Å². The van der Waals surface area contributed by atoms with Gasteiger partial charge in [0.1, 0.15) is 11.6 Å². The Kier molecular flexibility index (Phi) is 4.94. The zero-order chi connectivity index (χ0) is 23.0. The summed E-state index contributed by atoms with van der Waals surface area (Å²) in [6, 6.07) is 7.83. The van der Waals surface area contributed by atoms with Gasteiger partial charge in [0.25, 0.3) is 11.8 Å². The molecule has 2 heterocycles. The third-order valence-electron chi connectivity index (χ3n) is 5.07. The van der Waals surface area contributed by atoms with E-state index in [1.807, 2.05) is 0 Å². The number of urea groups is 1. The van der Waals surface area contributed by atoms with Gasteiger partial charge in [-0.1, -0.05) is 11.8 Å². The van der Waals surface area contributed by atoms with Crippen molar-refractivity contribution < 1.29 is 28.6 Å². The number of carbonyl (C=O) groups excluding carboxylic acids is 3. The molecule has 32 heavy (non-hydrogen) atoms. The standard InChI is InChI=1S/C22H17FN4O5/c1-32-14-4-3-13-10-27(19(29)15(13)9-14)11-22(20(30)25-21(31)26-22)7-6-12-2-5-17(23)16(8-12)18(24)28/h2-5,8-10,29H,11H2,1H3,(H2,24,28)(H2,25,26,30,31)/t22-/m1/s1. The van der Waals surface area contributed by atoms with Gasteiger partial charge in [-0.05, 0) is 36.4 Å². The first-order valence-electron chi connectivity index (χ1n) is 9.34. The summed E-state index contributed by atoms with van der Waals surface area (Å²) in [5.41, 5.74) is 3.28. The number of aromatic nitrogens is 1. The van der Waals surface area contributed by atoms with Crippen molar-refractivity contribution >= 4 is 28.6 Å². The van der Waals surface area contributed by atoms with Crippen molar-refractivity contribution in [3.63, 3.8) is 0 Å². The van der Waals surface area contributed by atoms with Crippen LogP contribution in [0, 0.1) is 17.7 Å². The molecule has 0 spiro atoms. The van der Waals surface area contributed by atoms with Crippen molar-refractivity contribution in [3.05, 3.63) is 59.5 Å². The molecule has 2 aromatic carbocycles. The van der Waals surface area contributed by atoms with Crippen LogP contribution in [0.5, 0.6) is 11.6 Å². The van der Waals surface area contributed by atoms with Crippen LogP contribution in [-0.2, 0) is 11.3 Å². The quantitative estimate of drug-likeness (QED) is 0.360. The molecule has 0 bridgehead atoms. The fourth-order valence-electron chi connectivity index (χ4n) is 3.43. The number of nitrogens with one attached hydrogen (secondary N) is 2. The number of aromatic hydroxyl groups is 1. The molecular formula is C22H17FN4O5. The molecule has 4 rings (SSSR count). The molecule has 4 amide bonds. The van der Waals surface area contributed by atoms with Gasteiger partial charge in [-0.15, -0.1) is 0 Å².